The van der Waals surface area contributed by atoms with Crippen LogP contribution in [0.5, 0.6) is 0 Å². The van der Waals surface area contributed by atoms with Crippen molar-refractivity contribution in [1.82, 2.24) is 9.80 Å². The molecule has 92 valence electrons. The van der Waals surface area contributed by atoms with Crippen molar-refractivity contribution < 1.29 is 9.59 Å². The second-order valence-electron chi connectivity index (χ2n) is 5.50. The van der Waals surface area contributed by atoms with Gasteiger partial charge in [0, 0.05) is 25.6 Å². The largest absolute Gasteiger partial charge is 0.341 e. The highest BCUT2D eigenvalue weighted by Crippen LogP contribution is 2.16. The second-order valence-corrected chi connectivity index (χ2v) is 5.50. The predicted molar refractivity (Wildman–Crippen MR) is 62.9 cm³/mol. The van der Waals surface area contributed by atoms with Gasteiger partial charge >= 0.3 is 0 Å². The summed E-state index contributed by atoms with van der Waals surface area (Å²) in [4.78, 5) is 27.1. The molecule has 1 fully saturated rings. The topological polar surface area (TPSA) is 40.6 Å². The van der Waals surface area contributed by atoms with E-state index in [4.69, 9.17) is 0 Å². The molecule has 16 heavy (non-hydrogen) atoms. The molecule has 0 aromatic heterocycles. The quantitative estimate of drug-likeness (QED) is 0.708. The van der Waals surface area contributed by atoms with Gasteiger partial charge in [0.15, 0.2) is 0 Å². The predicted octanol–water partition coefficient (Wildman–Crippen LogP) is 1.11. The molecule has 4 heteroatoms. The van der Waals surface area contributed by atoms with E-state index in [1.54, 1.807) is 7.05 Å². The van der Waals surface area contributed by atoms with Crippen LogP contribution in [0.3, 0.4) is 0 Å². The van der Waals surface area contributed by atoms with Crippen molar-refractivity contribution in [1.29, 1.82) is 0 Å². The van der Waals surface area contributed by atoms with Crippen LogP contribution in [0.25, 0.3) is 0 Å². The number of likely N-dealkylation sites (N-methyl/N-ethyl adjacent to an activating group) is 1. The van der Waals surface area contributed by atoms with Crippen molar-refractivity contribution in [3.8, 4) is 0 Å². The third-order valence-corrected chi connectivity index (χ3v) is 2.82. The molecule has 0 N–H and O–H groups in total. The highest BCUT2D eigenvalue weighted by atomic mass is 16.2. The molecule has 0 unspecified atom stereocenters. The maximum atomic E-state index is 11.9. The molecule has 1 rings (SSSR count). The molecule has 0 spiro atoms. The van der Waals surface area contributed by atoms with E-state index in [-0.39, 0.29) is 18.4 Å². The number of nitrogens with zero attached hydrogens (tertiary/aromatic N) is 2. The molecule has 0 aromatic carbocycles. The van der Waals surface area contributed by atoms with Crippen LogP contribution in [0.15, 0.2) is 0 Å². The fourth-order valence-electron chi connectivity index (χ4n) is 1.91. The molecular weight excluding hydrogens is 204 g/mol. The van der Waals surface area contributed by atoms with Gasteiger partial charge in [-0.1, -0.05) is 20.8 Å². The van der Waals surface area contributed by atoms with Gasteiger partial charge in [-0.05, 0) is 12.8 Å². The Morgan fingerprint density at radius 1 is 1.19 bits per heavy atom. The molecule has 1 saturated heterocycles. The summed E-state index contributed by atoms with van der Waals surface area (Å²) in [6, 6.07) is 0. The Hall–Kier alpha value is -1.06. The van der Waals surface area contributed by atoms with Gasteiger partial charge in [0.2, 0.25) is 11.8 Å². The van der Waals surface area contributed by atoms with Gasteiger partial charge in [-0.15, -0.1) is 0 Å². The molecule has 0 aromatic rings. The van der Waals surface area contributed by atoms with E-state index < -0.39 is 5.41 Å². The van der Waals surface area contributed by atoms with Crippen LogP contribution in [-0.2, 0) is 9.59 Å². The standard InChI is InChI=1S/C12H22N2O2/c1-12(2,3)11(16)13(4)9-10(15)14-7-5-6-8-14/h5-9H2,1-4H3. The van der Waals surface area contributed by atoms with Gasteiger partial charge in [0.1, 0.15) is 0 Å². The van der Waals surface area contributed by atoms with Crippen LogP contribution in [0.4, 0.5) is 0 Å². The van der Waals surface area contributed by atoms with E-state index in [0.29, 0.717) is 0 Å². The van der Waals surface area contributed by atoms with Gasteiger partial charge in [-0.3, -0.25) is 9.59 Å². The van der Waals surface area contributed by atoms with Gasteiger partial charge in [-0.25, -0.2) is 0 Å². The van der Waals surface area contributed by atoms with Crippen molar-refractivity contribution in [2.24, 2.45) is 5.41 Å². The fraction of sp³-hybridized carbons (Fsp3) is 0.833. The van der Waals surface area contributed by atoms with E-state index >= 15 is 0 Å². The van der Waals surface area contributed by atoms with E-state index in [9.17, 15) is 9.59 Å². The number of hydrogen-bond acceptors (Lipinski definition) is 2. The molecule has 4 nitrogen and oxygen atoms in total. The third kappa shape index (κ3) is 3.22. The highest BCUT2D eigenvalue weighted by Gasteiger charge is 2.27. The Morgan fingerprint density at radius 2 is 1.69 bits per heavy atom. The first kappa shape index (κ1) is 13.0. The summed E-state index contributed by atoms with van der Waals surface area (Å²) in [6.45, 7) is 7.49. The molecule has 2 amide bonds. The lowest BCUT2D eigenvalue weighted by Crippen LogP contribution is -2.43. The lowest BCUT2D eigenvalue weighted by molar-refractivity contribution is -0.143. The smallest absolute Gasteiger partial charge is 0.242 e. The van der Waals surface area contributed by atoms with Gasteiger partial charge in [0.25, 0.3) is 0 Å². The van der Waals surface area contributed by atoms with Crippen molar-refractivity contribution in [3.63, 3.8) is 0 Å². The minimum atomic E-state index is -0.417. The Bertz CT molecular complexity index is 275. The molecule has 0 radical (unpaired) electrons. The Kier molecular flexibility index (Phi) is 3.94. The number of amides is 2. The summed E-state index contributed by atoms with van der Waals surface area (Å²) < 4.78 is 0. The summed E-state index contributed by atoms with van der Waals surface area (Å²) in [5.41, 5.74) is -0.417. The summed E-state index contributed by atoms with van der Waals surface area (Å²) in [5.74, 6) is 0.0812. The molecule has 0 atom stereocenters. The number of likely N-dealkylation sites (tertiary alicyclic amines) is 1. The van der Waals surface area contributed by atoms with Crippen molar-refractivity contribution in [2.45, 2.75) is 33.6 Å². The zero-order valence-corrected chi connectivity index (χ0v) is 10.7. The number of carbonyl (C=O) groups excluding carboxylic acids is 2. The SMILES string of the molecule is CN(CC(=O)N1CCCC1)C(=O)C(C)(C)C. The van der Waals surface area contributed by atoms with Crippen molar-refractivity contribution in [2.75, 3.05) is 26.7 Å². The van der Waals surface area contributed by atoms with Crippen LogP contribution in [0.1, 0.15) is 33.6 Å². The van der Waals surface area contributed by atoms with Crippen molar-refractivity contribution in [3.05, 3.63) is 0 Å². The Labute approximate surface area is 97.6 Å². The first-order valence-electron chi connectivity index (χ1n) is 5.85. The maximum Gasteiger partial charge on any atom is 0.242 e. The van der Waals surface area contributed by atoms with E-state index in [1.807, 2.05) is 25.7 Å². The first-order chi connectivity index (χ1) is 7.32. The van der Waals surface area contributed by atoms with E-state index in [0.717, 1.165) is 25.9 Å². The van der Waals surface area contributed by atoms with Gasteiger partial charge in [0.05, 0.1) is 6.54 Å². The third-order valence-electron chi connectivity index (χ3n) is 2.82. The number of carbonyl (C=O) groups is 2. The zero-order valence-electron chi connectivity index (χ0n) is 10.7. The molecule has 1 heterocycles. The first-order valence-corrected chi connectivity index (χ1v) is 5.85. The van der Waals surface area contributed by atoms with Gasteiger partial charge < -0.3 is 9.80 Å². The minimum Gasteiger partial charge on any atom is -0.341 e. The zero-order chi connectivity index (χ0) is 12.3. The monoisotopic (exact) mass is 226 g/mol. The van der Waals surface area contributed by atoms with Gasteiger partial charge in [-0.2, -0.15) is 0 Å². The average Bonchev–Trinajstić information content (AvgIpc) is 2.67. The highest BCUT2D eigenvalue weighted by molar-refractivity contribution is 5.87. The Morgan fingerprint density at radius 3 is 2.12 bits per heavy atom. The average molecular weight is 226 g/mol. The normalized spacial score (nSPS) is 16.4. The van der Waals surface area contributed by atoms with Crippen LogP contribution in [0, 0.1) is 5.41 Å². The number of rotatable bonds is 2. The lowest BCUT2D eigenvalue weighted by atomic mass is 9.95. The van der Waals surface area contributed by atoms with Crippen LogP contribution < -0.4 is 0 Å². The van der Waals surface area contributed by atoms with E-state index in [1.165, 1.54) is 4.90 Å². The summed E-state index contributed by atoms with van der Waals surface area (Å²) >= 11 is 0. The van der Waals surface area contributed by atoms with Crippen LogP contribution in [0.2, 0.25) is 0 Å². The molecule has 1 aliphatic heterocycles. The molecule has 0 bridgehead atoms. The number of hydrogen-bond donors (Lipinski definition) is 0. The minimum absolute atomic E-state index is 0.0139. The molecule has 1 aliphatic rings. The van der Waals surface area contributed by atoms with Crippen molar-refractivity contribution >= 4 is 11.8 Å². The Balaban J connectivity index is 2.47. The lowest BCUT2D eigenvalue weighted by Gasteiger charge is -2.27. The van der Waals surface area contributed by atoms with Crippen LogP contribution in [-0.4, -0.2) is 48.3 Å². The summed E-state index contributed by atoms with van der Waals surface area (Å²) in [5, 5.41) is 0. The second kappa shape index (κ2) is 4.85. The molecular formula is C12H22N2O2. The summed E-state index contributed by atoms with van der Waals surface area (Å²) in [7, 11) is 1.70. The molecule has 0 saturated carbocycles. The summed E-state index contributed by atoms with van der Waals surface area (Å²) in [6.07, 6.45) is 2.17. The maximum absolute atomic E-state index is 11.9. The van der Waals surface area contributed by atoms with Crippen LogP contribution >= 0.6 is 0 Å². The van der Waals surface area contributed by atoms with E-state index in [2.05, 4.69) is 0 Å². The fourth-order valence-corrected chi connectivity index (χ4v) is 1.91. The molecule has 0 aliphatic carbocycles.